The Kier molecular flexibility index (Phi) is 5.69. The molecule has 0 saturated carbocycles. The molecule has 106 valence electrons. The Morgan fingerprint density at radius 2 is 2.05 bits per heavy atom. The van der Waals surface area contributed by atoms with Crippen molar-refractivity contribution in [3.05, 3.63) is 62.2 Å². The summed E-state index contributed by atoms with van der Waals surface area (Å²) in [5.74, 6) is 0.875. The van der Waals surface area contributed by atoms with Crippen LogP contribution in [0, 0.1) is 3.57 Å². The van der Waals surface area contributed by atoms with Crippen molar-refractivity contribution in [3.63, 3.8) is 0 Å². The minimum atomic E-state index is 0.233. The summed E-state index contributed by atoms with van der Waals surface area (Å²) in [5, 5.41) is 4.10. The van der Waals surface area contributed by atoms with Crippen LogP contribution in [-0.2, 0) is 6.42 Å². The molecule has 0 aliphatic heterocycles. The van der Waals surface area contributed by atoms with E-state index in [9.17, 15) is 0 Å². The highest BCUT2D eigenvalue weighted by molar-refractivity contribution is 14.1. The lowest BCUT2D eigenvalue weighted by atomic mass is 9.98. The summed E-state index contributed by atoms with van der Waals surface area (Å²) in [6.45, 7) is 0. The third-order valence-electron chi connectivity index (χ3n) is 3.27. The van der Waals surface area contributed by atoms with Gasteiger partial charge in [-0.2, -0.15) is 0 Å². The maximum atomic E-state index is 6.09. The van der Waals surface area contributed by atoms with Gasteiger partial charge in [0.15, 0.2) is 0 Å². The van der Waals surface area contributed by atoms with E-state index in [-0.39, 0.29) is 6.04 Å². The van der Waals surface area contributed by atoms with E-state index in [0.717, 1.165) is 22.8 Å². The fraction of sp³-hybridized carbons (Fsp3) is 0.250. The van der Waals surface area contributed by atoms with Crippen LogP contribution >= 0.6 is 34.2 Å². The molecule has 1 atom stereocenters. The smallest absolute Gasteiger partial charge is 0.122 e. The molecule has 0 aromatic heterocycles. The van der Waals surface area contributed by atoms with E-state index in [1.54, 1.807) is 7.11 Å². The first-order valence-electron chi connectivity index (χ1n) is 6.39. The second-order valence-electron chi connectivity index (χ2n) is 4.56. The maximum absolute atomic E-state index is 6.09. The van der Waals surface area contributed by atoms with Gasteiger partial charge in [-0.05, 0) is 77.5 Å². The molecule has 2 nitrogen and oxygen atoms in total. The van der Waals surface area contributed by atoms with Crippen molar-refractivity contribution in [1.29, 1.82) is 0 Å². The van der Waals surface area contributed by atoms with Crippen LogP contribution < -0.4 is 10.1 Å². The third-order valence-corrected chi connectivity index (χ3v) is 4.17. The molecule has 0 heterocycles. The van der Waals surface area contributed by atoms with E-state index in [4.69, 9.17) is 16.3 Å². The van der Waals surface area contributed by atoms with Gasteiger partial charge in [0.2, 0.25) is 0 Å². The average molecular weight is 402 g/mol. The molecule has 0 spiro atoms. The van der Waals surface area contributed by atoms with Crippen molar-refractivity contribution in [1.82, 2.24) is 5.32 Å². The Morgan fingerprint density at radius 1 is 1.25 bits per heavy atom. The predicted molar refractivity (Wildman–Crippen MR) is 92.7 cm³/mol. The van der Waals surface area contributed by atoms with Gasteiger partial charge in [0.25, 0.3) is 0 Å². The maximum Gasteiger partial charge on any atom is 0.122 e. The number of hydrogen-bond donors (Lipinski definition) is 1. The molecule has 0 aliphatic carbocycles. The Balaban J connectivity index is 2.28. The van der Waals surface area contributed by atoms with Crippen LogP contribution in [-0.4, -0.2) is 14.2 Å². The number of methoxy groups -OCH3 is 1. The molecule has 2 rings (SSSR count). The highest BCUT2D eigenvalue weighted by Gasteiger charge is 2.14. The summed E-state index contributed by atoms with van der Waals surface area (Å²) < 4.78 is 6.65. The largest absolute Gasteiger partial charge is 0.496 e. The Labute approximate surface area is 138 Å². The summed E-state index contributed by atoms with van der Waals surface area (Å²) >= 11 is 8.43. The van der Waals surface area contributed by atoms with E-state index in [1.165, 1.54) is 9.13 Å². The SMILES string of the molecule is CNC(Cc1cc(Cl)ccc1OC)c1cccc(I)c1. The van der Waals surface area contributed by atoms with Crippen LogP contribution in [0.25, 0.3) is 0 Å². The van der Waals surface area contributed by atoms with Crippen molar-refractivity contribution in [3.8, 4) is 5.75 Å². The molecule has 2 aromatic carbocycles. The fourth-order valence-electron chi connectivity index (χ4n) is 2.24. The van der Waals surface area contributed by atoms with Crippen LogP contribution in [0.15, 0.2) is 42.5 Å². The van der Waals surface area contributed by atoms with E-state index in [2.05, 4.69) is 52.2 Å². The number of halogens is 2. The molecule has 0 radical (unpaired) electrons. The van der Waals surface area contributed by atoms with Crippen LogP contribution in [0.4, 0.5) is 0 Å². The monoisotopic (exact) mass is 401 g/mol. The van der Waals surface area contributed by atoms with Gasteiger partial charge in [-0.3, -0.25) is 0 Å². The van der Waals surface area contributed by atoms with E-state index >= 15 is 0 Å². The Hall–Kier alpha value is -0.780. The molecular weight excluding hydrogens is 385 g/mol. The van der Waals surface area contributed by atoms with Gasteiger partial charge in [0, 0.05) is 14.6 Å². The first-order valence-corrected chi connectivity index (χ1v) is 7.85. The lowest BCUT2D eigenvalue weighted by Gasteiger charge is -2.19. The molecular formula is C16H17ClINO. The van der Waals surface area contributed by atoms with Gasteiger partial charge >= 0.3 is 0 Å². The van der Waals surface area contributed by atoms with Gasteiger partial charge in [-0.25, -0.2) is 0 Å². The van der Waals surface area contributed by atoms with Gasteiger partial charge in [0.05, 0.1) is 7.11 Å². The lowest BCUT2D eigenvalue weighted by Crippen LogP contribution is -2.19. The van der Waals surface area contributed by atoms with Gasteiger partial charge in [-0.1, -0.05) is 23.7 Å². The number of nitrogens with one attached hydrogen (secondary N) is 1. The number of benzene rings is 2. The average Bonchev–Trinajstić information content (AvgIpc) is 2.45. The molecule has 1 N–H and O–H groups in total. The van der Waals surface area contributed by atoms with Crippen molar-refractivity contribution >= 4 is 34.2 Å². The van der Waals surface area contributed by atoms with Crippen molar-refractivity contribution in [2.45, 2.75) is 12.5 Å². The minimum absolute atomic E-state index is 0.233. The Bertz CT molecular complexity index is 588. The highest BCUT2D eigenvalue weighted by Crippen LogP contribution is 2.28. The molecule has 0 aliphatic rings. The standard InChI is InChI=1S/C16H17ClINO/c1-19-15(11-4-3-5-14(18)9-11)10-12-8-13(17)6-7-16(12)20-2/h3-9,15,19H,10H2,1-2H3. The van der Waals surface area contributed by atoms with Gasteiger partial charge < -0.3 is 10.1 Å². The van der Waals surface area contributed by atoms with Crippen LogP contribution in [0.1, 0.15) is 17.2 Å². The van der Waals surface area contributed by atoms with Crippen LogP contribution in [0.2, 0.25) is 5.02 Å². The number of likely N-dealkylation sites (N-methyl/N-ethyl adjacent to an activating group) is 1. The molecule has 0 bridgehead atoms. The Morgan fingerprint density at radius 3 is 2.70 bits per heavy atom. The van der Waals surface area contributed by atoms with E-state index in [0.29, 0.717) is 0 Å². The molecule has 4 heteroatoms. The summed E-state index contributed by atoms with van der Waals surface area (Å²) in [5.41, 5.74) is 2.37. The summed E-state index contributed by atoms with van der Waals surface area (Å²) in [7, 11) is 3.66. The van der Waals surface area contributed by atoms with Crippen molar-refractivity contribution in [2.75, 3.05) is 14.2 Å². The number of rotatable bonds is 5. The van der Waals surface area contributed by atoms with Gasteiger partial charge in [0.1, 0.15) is 5.75 Å². The van der Waals surface area contributed by atoms with Gasteiger partial charge in [-0.15, -0.1) is 0 Å². The lowest BCUT2D eigenvalue weighted by molar-refractivity contribution is 0.406. The normalized spacial score (nSPS) is 12.2. The van der Waals surface area contributed by atoms with Crippen molar-refractivity contribution < 1.29 is 4.74 Å². The minimum Gasteiger partial charge on any atom is -0.496 e. The first-order chi connectivity index (χ1) is 9.63. The quantitative estimate of drug-likeness (QED) is 0.747. The van der Waals surface area contributed by atoms with Crippen LogP contribution in [0.3, 0.4) is 0 Å². The number of hydrogen-bond acceptors (Lipinski definition) is 2. The fourth-order valence-corrected chi connectivity index (χ4v) is 3.00. The molecule has 2 aromatic rings. The third kappa shape index (κ3) is 3.87. The van der Waals surface area contributed by atoms with Crippen molar-refractivity contribution in [2.24, 2.45) is 0 Å². The summed E-state index contributed by atoms with van der Waals surface area (Å²) in [6, 6.07) is 14.5. The van der Waals surface area contributed by atoms with E-state index in [1.807, 2.05) is 25.2 Å². The second kappa shape index (κ2) is 7.29. The second-order valence-corrected chi connectivity index (χ2v) is 6.24. The molecule has 0 amide bonds. The molecule has 0 fully saturated rings. The molecule has 20 heavy (non-hydrogen) atoms. The summed E-state index contributed by atoms with van der Waals surface area (Å²) in [4.78, 5) is 0. The van der Waals surface area contributed by atoms with E-state index < -0.39 is 0 Å². The van der Waals surface area contributed by atoms with Crippen LogP contribution in [0.5, 0.6) is 5.75 Å². The first kappa shape index (κ1) is 15.6. The zero-order chi connectivity index (χ0) is 14.5. The molecule has 1 unspecified atom stereocenters. The molecule has 0 saturated heterocycles. The zero-order valence-corrected chi connectivity index (χ0v) is 14.4. The topological polar surface area (TPSA) is 21.3 Å². The highest BCUT2D eigenvalue weighted by atomic mass is 127. The zero-order valence-electron chi connectivity index (χ0n) is 11.5. The predicted octanol–water partition coefficient (Wildman–Crippen LogP) is 4.46. The summed E-state index contributed by atoms with van der Waals surface area (Å²) in [6.07, 6.45) is 0.834. The number of ether oxygens (including phenoxy) is 1.